The first-order chi connectivity index (χ1) is 15.6. The van der Waals surface area contributed by atoms with Crippen LogP contribution in [0.15, 0.2) is 0 Å². The Morgan fingerprint density at radius 1 is 1.03 bits per heavy atom. The van der Waals surface area contributed by atoms with E-state index in [9.17, 15) is 20.1 Å². The summed E-state index contributed by atoms with van der Waals surface area (Å²) in [5.74, 6) is -0.532. The van der Waals surface area contributed by atoms with Crippen LogP contribution in [-0.2, 0) is 4.79 Å². The van der Waals surface area contributed by atoms with Crippen LogP contribution in [0.5, 0.6) is 0 Å². The summed E-state index contributed by atoms with van der Waals surface area (Å²) in [6.45, 7) is 4.22. The highest BCUT2D eigenvalue weighted by Gasteiger charge is 2.53. The van der Waals surface area contributed by atoms with E-state index in [4.69, 9.17) is 5.11 Å². The van der Waals surface area contributed by atoms with E-state index >= 15 is 0 Å². The van der Waals surface area contributed by atoms with Crippen molar-refractivity contribution in [1.82, 2.24) is 15.5 Å². The van der Waals surface area contributed by atoms with E-state index in [1.165, 1.54) is 0 Å². The van der Waals surface area contributed by atoms with Crippen molar-refractivity contribution in [3.63, 3.8) is 0 Å². The number of nitrogens with zero attached hydrogens (tertiary/aromatic N) is 1. The molecular weight excluding hydrogens is 410 g/mol. The summed E-state index contributed by atoms with van der Waals surface area (Å²) < 4.78 is 0. The Morgan fingerprint density at radius 3 is 2.31 bits per heavy atom. The fourth-order valence-electron chi connectivity index (χ4n) is 5.38. The lowest BCUT2D eigenvalue weighted by molar-refractivity contribution is -0.129. The Morgan fingerprint density at radius 2 is 1.72 bits per heavy atom. The van der Waals surface area contributed by atoms with Crippen LogP contribution in [0.3, 0.4) is 0 Å². The molecule has 6 N–H and O–H groups in total. The van der Waals surface area contributed by atoms with Gasteiger partial charge >= 0.3 is 0 Å². The van der Waals surface area contributed by atoms with Gasteiger partial charge in [-0.25, -0.2) is 0 Å². The minimum Gasteiger partial charge on any atom is -0.396 e. The maximum atomic E-state index is 13.2. The van der Waals surface area contributed by atoms with Crippen LogP contribution >= 0.6 is 0 Å². The van der Waals surface area contributed by atoms with Crippen LogP contribution in [0, 0.1) is 5.92 Å². The third-order valence-electron chi connectivity index (χ3n) is 7.20. The van der Waals surface area contributed by atoms with E-state index < -0.39 is 30.2 Å². The van der Waals surface area contributed by atoms with Crippen LogP contribution in [0.2, 0.25) is 0 Å². The molecule has 2 saturated heterocycles. The number of nitrogens with one attached hydrogen (secondary N) is 2. The molecule has 0 aromatic carbocycles. The Labute approximate surface area is 193 Å². The molecule has 0 bridgehead atoms. The lowest BCUT2D eigenvalue weighted by Crippen LogP contribution is -2.56. The number of likely N-dealkylation sites (tertiary alicyclic amines) is 1. The number of carbonyl (C=O) groups is 1. The smallest absolute Gasteiger partial charge is 0.226 e. The molecule has 2 aliphatic rings. The molecule has 2 rings (SSSR count). The van der Waals surface area contributed by atoms with Crippen molar-refractivity contribution < 1.29 is 25.2 Å². The second-order valence-electron chi connectivity index (χ2n) is 9.53. The van der Waals surface area contributed by atoms with E-state index in [0.717, 1.165) is 77.2 Å². The highest BCUT2D eigenvalue weighted by molar-refractivity contribution is 5.80. The third kappa shape index (κ3) is 7.64. The van der Waals surface area contributed by atoms with E-state index in [1.807, 2.05) is 4.90 Å². The molecule has 1 amide bonds. The summed E-state index contributed by atoms with van der Waals surface area (Å²) in [7, 11) is 0. The first kappa shape index (κ1) is 27.5. The van der Waals surface area contributed by atoms with Crippen molar-refractivity contribution in [2.45, 2.75) is 108 Å². The van der Waals surface area contributed by atoms with Gasteiger partial charge in [-0.1, -0.05) is 45.4 Å². The zero-order chi connectivity index (χ0) is 23.3. The van der Waals surface area contributed by atoms with Crippen molar-refractivity contribution >= 4 is 5.91 Å². The predicted molar refractivity (Wildman–Crippen MR) is 125 cm³/mol. The lowest BCUT2D eigenvalue weighted by atomic mass is 9.86. The average Bonchev–Trinajstić information content (AvgIpc) is 3.39. The molecule has 8 nitrogen and oxygen atoms in total. The molecule has 6 atom stereocenters. The van der Waals surface area contributed by atoms with E-state index in [2.05, 4.69) is 17.6 Å². The number of hydrogen-bond acceptors (Lipinski definition) is 7. The quantitative estimate of drug-likeness (QED) is 0.189. The molecule has 188 valence electrons. The van der Waals surface area contributed by atoms with Gasteiger partial charge in [0.15, 0.2) is 0 Å². The van der Waals surface area contributed by atoms with Crippen molar-refractivity contribution in [3.05, 3.63) is 0 Å². The summed E-state index contributed by atoms with van der Waals surface area (Å²) in [5, 5.41) is 47.0. The van der Waals surface area contributed by atoms with Gasteiger partial charge in [-0.05, 0) is 45.2 Å². The minimum absolute atomic E-state index is 0.0325. The van der Waals surface area contributed by atoms with Crippen LogP contribution in [0.4, 0.5) is 0 Å². The van der Waals surface area contributed by atoms with Crippen molar-refractivity contribution in [1.29, 1.82) is 0 Å². The first-order valence-electron chi connectivity index (χ1n) is 12.9. The third-order valence-corrected chi connectivity index (χ3v) is 7.20. The van der Waals surface area contributed by atoms with E-state index in [0.29, 0.717) is 13.1 Å². The van der Waals surface area contributed by atoms with Gasteiger partial charge in [-0.2, -0.15) is 0 Å². The van der Waals surface area contributed by atoms with Crippen LogP contribution in [-0.4, -0.2) is 94.4 Å². The van der Waals surface area contributed by atoms with Gasteiger partial charge in [0.1, 0.15) is 0 Å². The fraction of sp³-hybridized carbons (Fsp3) is 0.958. The molecular formula is C24H47N3O5. The Hall–Kier alpha value is -0.770. The second kappa shape index (κ2) is 15.2. The van der Waals surface area contributed by atoms with Gasteiger partial charge in [0.2, 0.25) is 5.91 Å². The number of hydrogen-bond donors (Lipinski definition) is 6. The van der Waals surface area contributed by atoms with Crippen molar-refractivity contribution in [2.24, 2.45) is 5.92 Å². The summed E-state index contributed by atoms with van der Waals surface area (Å²) in [4.78, 5) is 15.2. The van der Waals surface area contributed by atoms with Gasteiger partial charge in [0, 0.05) is 19.2 Å². The van der Waals surface area contributed by atoms with Crippen LogP contribution in [0.1, 0.15) is 77.6 Å². The Balaban J connectivity index is 2.04. The SMILES string of the molecule is CCCCNC(=O)C(C1CCCN1)[C@@H]1[C@H](O)[C@H](O)[C@@H](CO)N1CCCCCCCCCO. The maximum Gasteiger partial charge on any atom is 0.226 e. The summed E-state index contributed by atoms with van der Waals surface area (Å²) in [6, 6.07) is -1.09. The number of carbonyl (C=O) groups excluding carboxylic acids is 1. The summed E-state index contributed by atoms with van der Waals surface area (Å²) in [6.07, 6.45) is 8.85. The molecule has 2 heterocycles. The lowest BCUT2D eigenvalue weighted by Gasteiger charge is -2.37. The molecule has 0 radical (unpaired) electrons. The summed E-state index contributed by atoms with van der Waals surface area (Å²) in [5.41, 5.74) is 0. The van der Waals surface area contributed by atoms with Gasteiger partial charge in [-0.3, -0.25) is 9.69 Å². The highest BCUT2D eigenvalue weighted by Crippen LogP contribution is 2.34. The Bertz CT molecular complexity index is 518. The van der Waals surface area contributed by atoms with Gasteiger partial charge in [0.05, 0.1) is 36.8 Å². The predicted octanol–water partition coefficient (Wildman–Crippen LogP) is 0.761. The van der Waals surface area contributed by atoms with Crippen LogP contribution < -0.4 is 10.6 Å². The molecule has 0 aromatic rings. The molecule has 2 unspecified atom stereocenters. The second-order valence-corrected chi connectivity index (χ2v) is 9.53. The van der Waals surface area contributed by atoms with Gasteiger partial charge < -0.3 is 31.1 Å². The molecule has 2 aliphatic heterocycles. The summed E-state index contributed by atoms with van der Waals surface area (Å²) >= 11 is 0. The zero-order valence-corrected chi connectivity index (χ0v) is 19.9. The molecule has 2 fully saturated rings. The number of unbranched alkanes of at least 4 members (excludes halogenated alkanes) is 7. The molecule has 0 spiro atoms. The van der Waals surface area contributed by atoms with Crippen molar-refractivity contribution in [3.8, 4) is 0 Å². The Kier molecular flexibility index (Phi) is 13.0. The monoisotopic (exact) mass is 457 g/mol. The minimum atomic E-state index is -1.06. The largest absolute Gasteiger partial charge is 0.396 e. The number of amides is 1. The molecule has 0 saturated carbocycles. The van der Waals surface area contributed by atoms with E-state index in [1.54, 1.807) is 0 Å². The normalized spacial score (nSPS) is 29.5. The topological polar surface area (TPSA) is 125 Å². The van der Waals surface area contributed by atoms with Crippen molar-refractivity contribution in [2.75, 3.05) is 32.8 Å². The van der Waals surface area contributed by atoms with Gasteiger partial charge in [0.25, 0.3) is 0 Å². The molecule has 0 aliphatic carbocycles. The number of aliphatic hydroxyl groups is 4. The standard InChI is InChI=1S/C24H47N3O5/c1-2-3-13-26-24(32)20(18-12-11-14-25-18)21-23(31)22(30)19(17-29)27(21)15-9-7-5-4-6-8-10-16-28/h18-23,25,28-31H,2-17H2,1H3,(H,26,32)/t18?,19-,20?,21-,22-,23+/m1/s1. The number of aliphatic hydroxyl groups excluding tert-OH is 4. The number of rotatable bonds is 16. The zero-order valence-electron chi connectivity index (χ0n) is 19.9. The molecule has 0 aromatic heterocycles. The van der Waals surface area contributed by atoms with Gasteiger partial charge in [-0.15, -0.1) is 0 Å². The molecule has 8 heteroatoms. The first-order valence-corrected chi connectivity index (χ1v) is 12.9. The molecule has 32 heavy (non-hydrogen) atoms. The van der Waals surface area contributed by atoms with Crippen LogP contribution in [0.25, 0.3) is 0 Å². The maximum absolute atomic E-state index is 13.2. The van der Waals surface area contributed by atoms with E-state index in [-0.39, 0.29) is 25.2 Å². The fourth-order valence-corrected chi connectivity index (χ4v) is 5.38. The average molecular weight is 458 g/mol. The highest BCUT2D eigenvalue weighted by atomic mass is 16.3.